The predicted molar refractivity (Wildman–Crippen MR) is 88.9 cm³/mol. The standard InChI is InChI=1S/C16H28N2O3S/c1-12(2)9-10-16(4,19)11-18-13(3)14-5-7-15(8-6-14)22(17,20)21/h5-8,12-13,18-19H,9-11H2,1-4H3,(H2,17,20,21). The Balaban J connectivity index is 2.60. The minimum atomic E-state index is -3.66. The van der Waals surface area contributed by atoms with E-state index in [1.807, 2.05) is 13.8 Å². The second-order valence-electron chi connectivity index (χ2n) is 6.65. The van der Waals surface area contributed by atoms with Gasteiger partial charge in [0, 0.05) is 12.6 Å². The lowest BCUT2D eigenvalue weighted by atomic mass is 9.95. The van der Waals surface area contributed by atoms with Gasteiger partial charge in [0.05, 0.1) is 10.5 Å². The molecule has 0 aromatic heterocycles. The number of nitrogens with two attached hydrogens (primary N) is 1. The van der Waals surface area contributed by atoms with Crippen LogP contribution >= 0.6 is 0 Å². The van der Waals surface area contributed by atoms with Crippen molar-refractivity contribution < 1.29 is 13.5 Å². The highest BCUT2D eigenvalue weighted by molar-refractivity contribution is 7.89. The van der Waals surface area contributed by atoms with Crippen molar-refractivity contribution in [2.75, 3.05) is 6.54 Å². The number of hydrogen-bond donors (Lipinski definition) is 3. The van der Waals surface area contributed by atoms with Crippen LogP contribution in [0.25, 0.3) is 0 Å². The van der Waals surface area contributed by atoms with Crippen molar-refractivity contribution in [1.82, 2.24) is 5.32 Å². The summed E-state index contributed by atoms with van der Waals surface area (Å²) in [5.41, 5.74) is 0.200. The van der Waals surface area contributed by atoms with Crippen LogP contribution < -0.4 is 10.5 Å². The van der Waals surface area contributed by atoms with Crippen molar-refractivity contribution in [2.24, 2.45) is 11.1 Å². The third-order valence-corrected chi connectivity index (χ3v) is 4.69. The third-order valence-electron chi connectivity index (χ3n) is 3.76. The van der Waals surface area contributed by atoms with Crippen LogP contribution in [0.3, 0.4) is 0 Å². The van der Waals surface area contributed by atoms with Crippen LogP contribution in [0.1, 0.15) is 52.1 Å². The Hall–Kier alpha value is -0.950. The summed E-state index contributed by atoms with van der Waals surface area (Å²) in [6, 6.07) is 6.49. The molecule has 0 saturated carbocycles. The summed E-state index contributed by atoms with van der Waals surface area (Å²) in [5, 5.41) is 18.7. The summed E-state index contributed by atoms with van der Waals surface area (Å²) in [5.74, 6) is 0.564. The number of benzene rings is 1. The molecular weight excluding hydrogens is 300 g/mol. The van der Waals surface area contributed by atoms with Crippen molar-refractivity contribution in [3.8, 4) is 0 Å². The second-order valence-corrected chi connectivity index (χ2v) is 8.21. The molecule has 2 atom stereocenters. The monoisotopic (exact) mass is 328 g/mol. The molecule has 1 rings (SSSR count). The first kappa shape index (κ1) is 19.1. The van der Waals surface area contributed by atoms with Gasteiger partial charge in [0.2, 0.25) is 10.0 Å². The molecule has 4 N–H and O–H groups in total. The fourth-order valence-electron chi connectivity index (χ4n) is 2.13. The van der Waals surface area contributed by atoms with Gasteiger partial charge >= 0.3 is 0 Å². The average Bonchev–Trinajstić information content (AvgIpc) is 2.42. The maximum absolute atomic E-state index is 11.2. The quantitative estimate of drug-likeness (QED) is 0.682. The van der Waals surface area contributed by atoms with E-state index in [4.69, 9.17) is 5.14 Å². The number of aliphatic hydroxyl groups is 1. The molecule has 0 saturated heterocycles. The van der Waals surface area contributed by atoms with E-state index >= 15 is 0 Å². The summed E-state index contributed by atoms with van der Waals surface area (Å²) in [7, 11) is -3.66. The summed E-state index contributed by atoms with van der Waals surface area (Å²) >= 11 is 0. The molecule has 5 nitrogen and oxygen atoms in total. The Morgan fingerprint density at radius 3 is 2.23 bits per heavy atom. The topological polar surface area (TPSA) is 92.4 Å². The number of sulfonamides is 1. The molecule has 0 amide bonds. The molecule has 6 heteroatoms. The van der Waals surface area contributed by atoms with Crippen LogP contribution in [-0.2, 0) is 10.0 Å². The van der Waals surface area contributed by atoms with Gasteiger partial charge in [-0.3, -0.25) is 0 Å². The van der Waals surface area contributed by atoms with Crippen molar-refractivity contribution in [3.63, 3.8) is 0 Å². The Morgan fingerprint density at radius 1 is 1.23 bits per heavy atom. The van der Waals surface area contributed by atoms with Gasteiger partial charge in [-0.05, 0) is 50.3 Å². The summed E-state index contributed by atoms with van der Waals surface area (Å²) in [6.45, 7) is 8.57. The van der Waals surface area contributed by atoms with E-state index in [0.717, 1.165) is 18.4 Å². The smallest absolute Gasteiger partial charge is 0.238 e. The first-order valence-electron chi connectivity index (χ1n) is 7.60. The molecule has 1 aromatic carbocycles. The van der Waals surface area contributed by atoms with Gasteiger partial charge in [-0.1, -0.05) is 26.0 Å². The second kappa shape index (κ2) is 7.55. The summed E-state index contributed by atoms with van der Waals surface area (Å²) in [4.78, 5) is 0.104. The molecule has 22 heavy (non-hydrogen) atoms. The number of nitrogens with one attached hydrogen (secondary N) is 1. The third kappa shape index (κ3) is 6.44. The lowest BCUT2D eigenvalue weighted by molar-refractivity contribution is 0.0430. The Kier molecular flexibility index (Phi) is 6.55. The molecule has 0 aliphatic heterocycles. The zero-order valence-corrected chi connectivity index (χ0v) is 14.7. The molecule has 1 aromatic rings. The summed E-state index contributed by atoms with van der Waals surface area (Å²) in [6.07, 6.45) is 1.72. The fourth-order valence-corrected chi connectivity index (χ4v) is 2.64. The average molecular weight is 328 g/mol. The highest BCUT2D eigenvalue weighted by atomic mass is 32.2. The van der Waals surface area contributed by atoms with Crippen LogP contribution in [0, 0.1) is 5.92 Å². The van der Waals surface area contributed by atoms with Crippen LogP contribution in [0.15, 0.2) is 29.2 Å². The van der Waals surface area contributed by atoms with Gasteiger partial charge in [-0.15, -0.1) is 0 Å². The van der Waals surface area contributed by atoms with Crippen LogP contribution in [0.4, 0.5) is 0 Å². The minimum absolute atomic E-state index is 0.0139. The van der Waals surface area contributed by atoms with Crippen molar-refractivity contribution in [2.45, 2.75) is 57.1 Å². The lowest BCUT2D eigenvalue weighted by Gasteiger charge is -2.27. The van der Waals surface area contributed by atoms with Gasteiger partial charge in [0.15, 0.2) is 0 Å². The lowest BCUT2D eigenvalue weighted by Crippen LogP contribution is -2.39. The molecule has 0 spiro atoms. The molecule has 0 heterocycles. The Labute approximate surface area is 134 Å². The fraction of sp³-hybridized carbons (Fsp3) is 0.625. The van der Waals surface area contributed by atoms with E-state index in [1.54, 1.807) is 12.1 Å². The molecular formula is C16H28N2O3S. The molecule has 0 radical (unpaired) electrons. The number of rotatable bonds is 8. The molecule has 0 aliphatic rings. The zero-order valence-electron chi connectivity index (χ0n) is 13.8. The van der Waals surface area contributed by atoms with Gasteiger partial charge in [0.25, 0.3) is 0 Å². The normalized spacial score (nSPS) is 16.5. The Morgan fingerprint density at radius 2 is 1.77 bits per heavy atom. The van der Waals surface area contributed by atoms with Gasteiger partial charge in [-0.25, -0.2) is 13.6 Å². The van der Waals surface area contributed by atoms with Gasteiger partial charge in [0.1, 0.15) is 0 Å². The van der Waals surface area contributed by atoms with Crippen molar-refractivity contribution in [1.29, 1.82) is 0 Å². The number of primary sulfonamides is 1. The first-order chi connectivity index (χ1) is 10.0. The van der Waals surface area contributed by atoms with Gasteiger partial charge in [-0.2, -0.15) is 0 Å². The SMILES string of the molecule is CC(C)CCC(C)(O)CNC(C)c1ccc(S(N)(=O)=O)cc1. The molecule has 2 unspecified atom stereocenters. The molecule has 0 bridgehead atoms. The minimum Gasteiger partial charge on any atom is -0.389 e. The van der Waals surface area contributed by atoms with E-state index in [1.165, 1.54) is 12.1 Å². The van der Waals surface area contributed by atoms with Crippen LogP contribution in [-0.4, -0.2) is 25.7 Å². The molecule has 0 fully saturated rings. The summed E-state index contributed by atoms with van der Waals surface area (Å²) < 4.78 is 22.5. The Bertz CT molecular complexity index is 566. The van der Waals surface area contributed by atoms with Crippen molar-refractivity contribution >= 4 is 10.0 Å². The predicted octanol–water partition coefficient (Wildman–Crippen LogP) is 2.17. The first-order valence-corrected chi connectivity index (χ1v) is 9.14. The zero-order chi connectivity index (χ0) is 17.0. The maximum atomic E-state index is 11.2. The van der Waals surface area contributed by atoms with E-state index < -0.39 is 15.6 Å². The van der Waals surface area contributed by atoms with E-state index in [9.17, 15) is 13.5 Å². The van der Waals surface area contributed by atoms with Crippen LogP contribution in [0.5, 0.6) is 0 Å². The van der Waals surface area contributed by atoms with Crippen molar-refractivity contribution in [3.05, 3.63) is 29.8 Å². The highest BCUT2D eigenvalue weighted by Crippen LogP contribution is 2.19. The highest BCUT2D eigenvalue weighted by Gasteiger charge is 2.21. The molecule has 126 valence electrons. The molecule has 0 aliphatic carbocycles. The number of hydrogen-bond acceptors (Lipinski definition) is 4. The van der Waals surface area contributed by atoms with E-state index in [0.29, 0.717) is 12.5 Å². The van der Waals surface area contributed by atoms with Crippen LogP contribution in [0.2, 0.25) is 0 Å². The van der Waals surface area contributed by atoms with E-state index in [2.05, 4.69) is 19.2 Å². The van der Waals surface area contributed by atoms with E-state index in [-0.39, 0.29) is 10.9 Å². The maximum Gasteiger partial charge on any atom is 0.238 e. The largest absolute Gasteiger partial charge is 0.389 e. The van der Waals surface area contributed by atoms with Gasteiger partial charge < -0.3 is 10.4 Å².